The molecule has 1 saturated carbocycles. The minimum absolute atomic E-state index is 0.0110. The van der Waals surface area contributed by atoms with Gasteiger partial charge in [0.2, 0.25) is 17.7 Å². The first kappa shape index (κ1) is 42.7. The number of likely N-dealkylation sites (tertiary alicyclic amines) is 1. The van der Waals surface area contributed by atoms with Crippen molar-refractivity contribution in [1.82, 2.24) is 15.2 Å². The Morgan fingerprint density at radius 2 is 1.85 bits per heavy atom. The van der Waals surface area contributed by atoms with E-state index >= 15 is 0 Å². The summed E-state index contributed by atoms with van der Waals surface area (Å²) in [6.45, 7) is 5.56. The molecule has 4 fully saturated rings. The molecule has 2 aromatic carbocycles. The molecule has 1 aromatic heterocycles. The molecule has 3 N–H and O–H groups in total. The van der Waals surface area contributed by atoms with Gasteiger partial charge in [-0.3, -0.25) is 34.3 Å². The van der Waals surface area contributed by atoms with Crippen molar-refractivity contribution < 1.29 is 41.5 Å². The minimum atomic E-state index is -4.84. The predicted octanol–water partition coefficient (Wildman–Crippen LogP) is 6.39. The van der Waals surface area contributed by atoms with Gasteiger partial charge >= 0.3 is 6.18 Å². The van der Waals surface area contributed by atoms with Crippen LogP contribution in [0.4, 0.5) is 40.3 Å². The van der Waals surface area contributed by atoms with Crippen molar-refractivity contribution in [2.45, 2.75) is 101 Å². The maximum Gasteiger partial charge on any atom is 0.419 e. The Kier molecular flexibility index (Phi) is 12.3. The number of carbonyl (C=O) groups is 4. The third-order valence-corrected chi connectivity index (χ3v) is 12.6. The molecule has 13 nitrogen and oxygen atoms in total. The Labute approximate surface area is 350 Å². The van der Waals surface area contributed by atoms with Gasteiger partial charge in [0.1, 0.15) is 29.2 Å². The number of carbonyl (C=O) groups excluding carboxylic acids is 4. The first-order chi connectivity index (χ1) is 28.6. The van der Waals surface area contributed by atoms with Crippen LogP contribution >= 0.6 is 12.6 Å². The van der Waals surface area contributed by atoms with E-state index in [1.54, 1.807) is 6.92 Å². The van der Waals surface area contributed by atoms with Crippen LogP contribution in [0.3, 0.4) is 0 Å². The number of alkyl halides is 3. The normalized spacial score (nSPS) is 21.3. The zero-order chi connectivity index (χ0) is 42.9. The number of nitrogens with zero attached hydrogens (tertiary/aromatic N) is 5. The standard InChI is InChI=1S/C42H46F4N8O5S/c1-3-26-19-28(54-40(60)53(39(58)41(54)14-4-15-41)29-21-30(42(44,45)46)34(22-47)48-23-29)6-9-35(26)59-18-13-25-11-16-52(17-12-25)24(2)37(56)50-33-20-27(5-7-31(33)43)49-32-8-10-36(55)51-38(32)57/h5-7,9,19-21,23-25,32,40,49,60H,3-4,8,10-18H2,1-2H3,(H,50,56)(H,51,55,57)/t24-,32-,40+/m1/s1. The van der Waals surface area contributed by atoms with Gasteiger partial charge in [-0.2, -0.15) is 18.4 Å². The number of anilines is 4. The first-order valence-corrected chi connectivity index (χ1v) is 20.6. The number of pyridine rings is 1. The Bertz CT molecular complexity index is 2210. The predicted molar refractivity (Wildman–Crippen MR) is 218 cm³/mol. The largest absolute Gasteiger partial charge is 0.493 e. The van der Waals surface area contributed by atoms with Crippen LogP contribution in [0, 0.1) is 23.1 Å². The molecule has 1 spiro atoms. The fraction of sp³-hybridized carbons (Fsp3) is 0.476. The highest BCUT2D eigenvalue weighted by Gasteiger charge is 2.60. The van der Waals surface area contributed by atoms with E-state index in [4.69, 9.17) is 17.4 Å². The minimum Gasteiger partial charge on any atom is -0.493 e. The number of amides is 4. The molecule has 60 heavy (non-hydrogen) atoms. The summed E-state index contributed by atoms with van der Waals surface area (Å²) in [5.74, 6) is -1.08. The van der Waals surface area contributed by atoms with Crippen LogP contribution in [0.5, 0.6) is 5.75 Å². The molecule has 4 amide bonds. The molecule has 4 aliphatic rings. The average molecular weight is 851 g/mol. The molecule has 1 aliphatic carbocycles. The van der Waals surface area contributed by atoms with E-state index in [1.807, 2.05) is 30.0 Å². The number of benzene rings is 2. The van der Waals surface area contributed by atoms with Gasteiger partial charge in [0.05, 0.1) is 35.8 Å². The number of aryl methyl sites for hydroxylation is 1. The smallest absolute Gasteiger partial charge is 0.419 e. The van der Waals surface area contributed by atoms with Gasteiger partial charge in [-0.05, 0) is 125 Å². The van der Waals surface area contributed by atoms with Crippen molar-refractivity contribution in [3.63, 3.8) is 0 Å². The topological polar surface area (TPSA) is 160 Å². The van der Waals surface area contributed by atoms with Gasteiger partial charge in [-0.1, -0.05) is 6.92 Å². The highest BCUT2D eigenvalue weighted by atomic mass is 32.1. The lowest BCUT2D eigenvalue weighted by molar-refractivity contribution is -0.138. The van der Waals surface area contributed by atoms with Gasteiger partial charge in [0.25, 0.3) is 5.91 Å². The summed E-state index contributed by atoms with van der Waals surface area (Å²) in [4.78, 5) is 59.7. The van der Waals surface area contributed by atoms with E-state index in [9.17, 15) is 42.0 Å². The molecule has 0 unspecified atom stereocenters. The number of hydrogen-bond donors (Lipinski definition) is 4. The second kappa shape index (κ2) is 17.3. The third kappa shape index (κ3) is 8.46. The van der Waals surface area contributed by atoms with E-state index in [1.165, 1.54) is 29.2 Å². The van der Waals surface area contributed by atoms with Gasteiger partial charge in [-0.15, -0.1) is 12.6 Å². The van der Waals surface area contributed by atoms with Crippen LogP contribution in [-0.4, -0.2) is 76.3 Å². The van der Waals surface area contributed by atoms with Gasteiger partial charge in [0.15, 0.2) is 11.2 Å². The summed E-state index contributed by atoms with van der Waals surface area (Å²) in [6, 6.07) is 10.9. The average Bonchev–Trinajstić information content (AvgIpc) is 3.45. The molecule has 7 rings (SSSR count). The molecule has 3 aromatic rings. The maximum absolute atomic E-state index is 14.7. The number of aromatic nitrogens is 1. The number of imide groups is 1. The molecular formula is C42H46F4N8O5S. The maximum atomic E-state index is 14.7. The Hall–Kier alpha value is -5.41. The van der Waals surface area contributed by atoms with Crippen LogP contribution in [0.25, 0.3) is 0 Å². The van der Waals surface area contributed by atoms with Gasteiger partial charge in [0, 0.05) is 17.8 Å². The zero-order valence-corrected chi connectivity index (χ0v) is 34.0. The number of ether oxygens (including phenoxy) is 1. The number of halogens is 4. The van der Waals surface area contributed by atoms with Crippen molar-refractivity contribution in [3.05, 3.63) is 71.3 Å². The molecule has 0 bridgehead atoms. The van der Waals surface area contributed by atoms with E-state index in [0.717, 1.165) is 43.5 Å². The lowest BCUT2D eigenvalue weighted by Crippen LogP contribution is -2.55. The fourth-order valence-corrected chi connectivity index (χ4v) is 9.09. The molecule has 18 heteroatoms. The summed E-state index contributed by atoms with van der Waals surface area (Å²) < 4.78 is 62.5. The Morgan fingerprint density at radius 3 is 2.50 bits per heavy atom. The van der Waals surface area contributed by atoms with E-state index < -0.39 is 52.3 Å². The molecule has 4 heterocycles. The van der Waals surface area contributed by atoms with Crippen molar-refractivity contribution >= 4 is 59.0 Å². The summed E-state index contributed by atoms with van der Waals surface area (Å²) in [6.07, 6.45) is 1.64. The van der Waals surface area contributed by atoms with E-state index in [-0.39, 0.29) is 35.5 Å². The summed E-state index contributed by atoms with van der Waals surface area (Å²) in [7, 11) is 0. The quantitative estimate of drug-likeness (QED) is 0.0915. The number of rotatable bonds is 12. The van der Waals surface area contributed by atoms with Crippen LogP contribution < -0.4 is 30.5 Å². The second-order valence-corrected chi connectivity index (χ2v) is 16.2. The second-order valence-electron chi connectivity index (χ2n) is 15.7. The highest BCUT2D eigenvalue weighted by molar-refractivity contribution is 7.81. The molecule has 0 radical (unpaired) electrons. The lowest BCUT2D eigenvalue weighted by Gasteiger charge is -2.44. The van der Waals surface area contributed by atoms with Crippen LogP contribution in [0.1, 0.15) is 82.0 Å². The Morgan fingerprint density at radius 1 is 1.10 bits per heavy atom. The van der Waals surface area contributed by atoms with E-state index in [2.05, 4.69) is 25.8 Å². The summed E-state index contributed by atoms with van der Waals surface area (Å²) >= 11 is 4.77. The highest BCUT2D eigenvalue weighted by Crippen LogP contribution is 2.51. The fourth-order valence-electron chi connectivity index (χ4n) is 8.50. The van der Waals surface area contributed by atoms with Gasteiger partial charge < -0.3 is 20.3 Å². The van der Waals surface area contributed by atoms with Gasteiger partial charge in [-0.25, -0.2) is 9.37 Å². The molecule has 3 saturated heterocycles. The Balaban J connectivity index is 0.928. The summed E-state index contributed by atoms with van der Waals surface area (Å²) in [5.41, 5.74) is -1.95. The molecule has 3 aliphatic heterocycles. The number of thiol groups is 1. The number of nitrogens with one attached hydrogen (secondary N) is 3. The van der Waals surface area contributed by atoms with Crippen molar-refractivity contribution in [2.24, 2.45) is 5.92 Å². The van der Waals surface area contributed by atoms with Crippen molar-refractivity contribution in [2.75, 3.05) is 40.1 Å². The number of nitriles is 1. The van der Waals surface area contributed by atoms with Crippen LogP contribution in [0.2, 0.25) is 0 Å². The third-order valence-electron chi connectivity index (χ3n) is 12.2. The number of piperidine rings is 2. The monoisotopic (exact) mass is 850 g/mol. The number of hydrogen-bond acceptors (Lipinski definition) is 11. The zero-order valence-electron chi connectivity index (χ0n) is 33.1. The summed E-state index contributed by atoms with van der Waals surface area (Å²) in [5, 5.41) is 17.2. The lowest BCUT2D eigenvalue weighted by atomic mass is 9.75. The van der Waals surface area contributed by atoms with Crippen molar-refractivity contribution in [1.29, 1.82) is 5.26 Å². The SMILES string of the molecule is CCc1cc(N2[C@@H](S)N(c3cnc(C#N)c(C(F)(F)F)c3)C(=O)C23CCC3)ccc1OCCC1CCN([C@H](C)C(=O)Nc2cc(N[C@@H]3CCC(=O)NC3=O)ccc2F)CC1. The van der Waals surface area contributed by atoms with E-state index in [0.29, 0.717) is 68.4 Å². The molecule has 318 valence electrons. The first-order valence-electron chi connectivity index (χ1n) is 20.1. The van der Waals surface area contributed by atoms with Crippen molar-refractivity contribution in [3.8, 4) is 11.8 Å². The van der Waals surface area contributed by atoms with Crippen LogP contribution in [0.15, 0.2) is 48.7 Å². The van der Waals surface area contributed by atoms with Crippen LogP contribution in [-0.2, 0) is 31.8 Å². The molecule has 3 atom stereocenters. The molecular weight excluding hydrogens is 805 g/mol.